The second-order valence-corrected chi connectivity index (χ2v) is 11.2. The van der Waals surface area contributed by atoms with Crippen LogP contribution in [-0.4, -0.2) is 69.7 Å². The Labute approximate surface area is 222 Å². The van der Waals surface area contributed by atoms with Crippen molar-refractivity contribution in [3.8, 4) is 0 Å². The van der Waals surface area contributed by atoms with Gasteiger partial charge in [-0.3, -0.25) is 9.59 Å². The minimum Gasteiger partial charge on any atom is -0.444 e. The van der Waals surface area contributed by atoms with E-state index in [1.54, 1.807) is 43.9 Å². The number of carbonyl (C=O) groups excluding carboxylic acids is 3. The Morgan fingerprint density at radius 1 is 1.11 bits per heavy atom. The minimum atomic E-state index is -0.815. The van der Waals surface area contributed by atoms with Crippen molar-refractivity contribution in [3.05, 3.63) is 52.9 Å². The molecule has 2 heterocycles. The van der Waals surface area contributed by atoms with Gasteiger partial charge in [0.15, 0.2) is 0 Å². The molecular formula is C27H35ClN4O5. The number of rotatable bonds is 7. The lowest BCUT2D eigenvalue weighted by molar-refractivity contribution is -0.141. The van der Waals surface area contributed by atoms with E-state index in [9.17, 15) is 14.4 Å². The van der Waals surface area contributed by atoms with Gasteiger partial charge in [0, 0.05) is 36.6 Å². The first kappa shape index (κ1) is 27.0. The minimum absolute atomic E-state index is 0.110. The molecule has 10 heteroatoms. The molecule has 1 saturated carbocycles. The van der Waals surface area contributed by atoms with Gasteiger partial charge in [0.25, 0.3) is 5.91 Å². The number of nitrogens with one attached hydrogen (secondary N) is 1. The van der Waals surface area contributed by atoms with E-state index in [1.165, 1.54) is 12.6 Å². The van der Waals surface area contributed by atoms with Gasteiger partial charge >= 0.3 is 6.09 Å². The van der Waals surface area contributed by atoms with Crippen LogP contribution >= 0.6 is 11.6 Å². The van der Waals surface area contributed by atoms with Crippen LogP contribution in [0.5, 0.6) is 0 Å². The Balaban J connectivity index is 1.46. The number of likely N-dealkylation sites (tertiary alicyclic amines) is 1. The molecule has 9 nitrogen and oxygen atoms in total. The molecule has 1 unspecified atom stereocenters. The van der Waals surface area contributed by atoms with Gasteiger partial charge in [-0.05, 0) is 51.3 Å². The Bertz CT molecular complexity index is 1070. The number of amides is 3. The van der Waals surface area contributed by atoms with E-state index < -0.39 is 17.7 Å². The molecule has 4 rings (SSSR count). The molecule has 2 aromatic rings. The molecule has 0 spiro atoms. The first-order valence-corrected chi connectivity index (χ1v) is 13.2. The summed E-state index contributed by atoms with van der Waals surface area (Å²) in [7, 11) is 0. The van der Waals surface area contributed by atoms with Gasteiger partial charge in [0.1, 0.15) is 11.6 Å². The first-order chi connectivity index (χ1) is 17.6. The average Bonchev–Trinajstić information content (AvgIpc) is 3.36. The van der Waals surface area contributed by atoms with Crippen LogP contribution in [0.4, 0.5) is 4.79 Å². The number of halogens is 1. The highest BCUT2D eigenvalue weighted by Gasteiger charge is 2.43. The van der Waals surface area contributed by atoms with Crippen molar-refractivity contribution >= 4 is 29.5 Å². The predicted octanol–water partition coefficient (Wildman–Crippen LogP) is 4.45. The molecule has 1 aliphatic carbocycles. The average molecular weight is 531 g/mol. The smallest absolute Gasteiger partial charge is 0.408 e. The second-order valence-electron chi connectivity index (χ2n) is 10.8. The summed E-state index contributed by atoms with van der Waals surface area (Å²) in [6, 6.07) is 7.92. The van der Waals surface area contributed by atoms with Crippen LogP contribution in [0.1, 0.15) is 69.0 Å². The Kier molecular flexibility index (Phi) is 8.42. The number of hydrogen-bond acceptors (Lipinski definition) is 6. The van der Waals surface area contributed by atoms with Crippen molar-refractivity contribution < 1.29 is 23.6 Å². The molecule has 200 valence electrons. The van der Waals surface area contributed by atoms with Crippen LogP contribution < -0.4 is 5.32 Å². The fourth-order valence-electron chi connectivity index (χ4n) is 4.98. The fraction of sp³-hybridized carbons (Fsp3) is 0.556. The van der Waals surface area contributed by atoms with Gasteiger partial charge in [-0.25, -0.2) is 4.79 Å². The van der Waals surface area contributed by atoms with Crippen molar-refractivity contribution in [3.63, 3.8) is 0 Å². The van der Waals surface area contributed by atoms with Crippen molar-refractivity contribution in [2.24, 2.45) is 0 Å². The standard InChI is InChI=1S/C27H35ClN4O5/c1-27(2,3)36-26(35)30-22(15-18-9-11-19(28)12-10-18)24(33)31-16-21(17-31)32(20-7-5-4-6-8-20)25(34)23-13-14-29-37-23/h9-14,20-22H,4-8,15-17H2,1-3H3,(H,30,35). The van der Waals surface area contributed by atoms with E-state index in [0.717, 1.165) is 31.2 Å². The van der Waals surface area contributed by atoms with E-state index in [1.807, 2.05) is 17.0 Å². The van der Waals surface area contributed by atoms with Crippen LogP contribution in [0.3, 0.4) is 0 Å². The largest absolute Gasteiger partial charge is 0.444 e. The summed E-state index contributed by atoms with van der Waals surface area (Å²) in [5.41, 5.74) is 0.168. The van der Waals surface area contributed by atoms with E-state index >= 15 is 0 Å². The van der Waals surface area contributed by atoms with Gasteiger partial charge in [0.05, 0.1) is 12.2 Å². The Hall–Kier alpha value is -3.07. The van der Waals surface area contributed by atoms with E-state index in [-0.39, 0.29) is 29.7 Å². The zero-order valence-corrected chi connectivity index (χ0v) is 22.4. The number of ether oxygens (including phenoxy) is 1. The van der Waals surface area contributed by atoms with E-state index in [0.29, 0.717) is 24.5 Å². The molecular weight excluding hydrogens is 496 g/mol. The lowest BCUT2D eigenvalue weighted by atomic mass is 9.91. The zero-order chi connectivity index (χ0) is 26.6. The third kappa shape index (κ3) is 7.03. The molecule has 1 atom stereocenters. The number of aromatic nitrogens is 1. The van der Waals surface area contributed by atoms with E-state index in [2.05, 4.69) is 10.5 Å². The summed E-state index contributed by atoms with van der Waals surface area (Å²) in [6.45, 7) is 6.10. The summed E-state index contributed by atoms with van der Waals surface area (Å²) in [4.78, 5) is 43.0. The normalized spacial score (nSPS) is 17.6. The number of nitrogens with zero attached hydrogens (tertiary/aromatic N) is 3. The molecule has 1 N–H and O–H groups in total. The van der Waals surface area contributed by atoms with Gasteiger partial charge in [-0.2, -0.15) is 0 Å². The van der Waals surface area contributed by atoms with Crippen molar-refractivity contribution in [2.75, 3.05) is 13.1 Å². The molecule has 2 aliphatic rings. The summed E-state index contributed by atoms with van der Waals surface area (Å²) >= 11 is 6.01. The third-order valence-electron chi connectivity index (χ3n) is 6.76. The molecule has 0 bridgehead atoms. The van der Waals surface area contributed by atoms with Crippen LogP contribution in [0, 0.1) is 0 Å². The topological polar surface area (TPSA) is 105 Å². The molecule has 1 aromatic heterocycles. The van der Waals surface area contributed by atoms with Crippen LogP contribution in [0.25, 0.3) is 0 Å². The molecule has 2 fully saturated rings. The Morgan fingerprint density at radius 2 is 1.78 bits per heavy atom. The van der Waals surface area contributed by atoms with Gasteiger partial charge in [0.2, 0.25) is 11.7 Å². The highest BCUT2D eigenvalue weighted by Crippen LogP contribution is 2.29. The van der Waals surface area contributed by atoms with Crippen LogP contribution in [0.2, 0.25) is 5.02 Å². The van der Waals surface area contributed by atoms with E-state index in [4.69, 9.17) is 20.9 Å². The molecule has 0 radical (unpaired) electrons. The summed E-state index contributed by atoms with van der Waals surface area (Å²) in [5, 5.41) is 7.03. The molecule has 1 aliphatic heterocycles. The summed E-state index contributed by atoms with van der Waals surface area (Å²) in [6.07, 6.45) is 6.28. The summed E-state index contributed by atoms with van der Waals surface area (Å²) < 4.78 is 10.6. The lowest BCUT2D eigenvalue weighted by Gasteiger charge is -2.49. The molecule has 1 saturated heterocycles. The zero-order valence-electron chi connectivity index (χ0n) is 21.6. The molecule has 1 aromatic carbocycles. The van der Waals surface area contributed by atoms with Gasteiger partial charge in [-0.15, -0.1) is 0 Å². The highest BCUT2D eigenvalue weighted by atomic mass is 35.5. The molecule has 3 amide bonds. The molecule has 37 heavy (non-hydrogen) atoms. The maximum absolute atomic E-state index is 13.5. The van der Waals surface area contributed by atoms with Crippen molar-refractivity contribution in [1.29, 1.82) is 0 Å². The van der Waals surface area contributed by atoms with Crippen LogP contribution in [0.15, 0.2) is 41.1 Å². The lowest BCUT2D eigenvalue weighted by Crippen LogP contribution is -2.67. The number of carbonyl (C=O) groups is 3. The highest BCUT2D eigenvalue weighted by molar-refractivity contribution is 6.30. The summed E-state index contributed by atoms with van der Waals surface area (Å²) in [5.74, 6) is -0.193. The quantitative estimate of drug-likeness (QED) is 0.567. The monoisotopic (exact) mass is 530 g/mol. The second kappa shape index (κ2) is 11.5. The fourth-order valence-corrected chi connectivity index (χ4v) is 5.11. The third-order valence-corrected chi connectivity index (χ3v) is 7.01. The number of hydrogen-bond donors (Lipinski definition) is 1. The maximum atomic E-state index is 13.5. The SMILES string of the molecule is CC(C)(C)OC(=O)NC(Cc1ccc(Cl)cc1)C(=O)N1CC(N(C(=O)c2ccno2)C2CCCCC2)C1. The maximum Gasteiger partial charge on any atom is 0.408 e. The number of alkyl carbamates (subject to hydrolysis) is 1. The van der Waals surface area contributed by atoms with Gasteiger partial charge < -0.3 is 24.4 Å². The van der Waals surface area contributed by atoms with Gasteiger partial charge in [-0.1, -0.05) is 48.2 Å². The van der Waals surface area contributed by atoms with Crippen molar-refractivity contribution in [2.45, 2.75) is 83.0 Å². The number of benzene rings is 1. The van der Waals surface area contributed by atoms with Crippen molar-refractivity contribution in [1.82, 2.24) is 20.3 Å². The van der Waals surface area contributed by atoms with Crippen LogP contribution in [-0.2, 0) is 16.0 Å². The Morgan fingerprint density at radius 3 is 2.38 bits per heavy atom. The predicted molar refractivity (Wildman–Crippen MR) is 138 cm³/mol. The first-order valence-electron chi connectivity index (χ1n) is 12.9.